The van der Waals surface area contributed by atoms with Crippen molar-refractivity contribution in [1.29, 1.82) is 0 Å². The molecule has 4 rings (SSSR count). The molecule has 0 atom stereocenters. The van der Waals surface area contributed by atoms with Crippen LogP contribution < -0.4 is 4.90 Å². The smallest absolute Gasteiger partial charge is 0.243 e. The first-order valence-electron chi connectivity index (χ1n) is 9.92. The molecule has 6 nitrogen and oxygen atoms in total. The van der Waals surface area contributed by atoms with E-state index in [-0.39, 0.29) is 49.3 Å². The number of para-hydroxylation sites is 1. The van der Waals surface area contributed by atoms with Crippen LogP contribution in [-0.2, 0) is 21.2 Å². The number of piperazine rings is 1. The zero-order chi connectivity index (χ0) is 21.3. The maximum Gasteiger partial charge on any atom is 0.243 e. The van der Waals surface area contributed by atoms with Crippen molar-refractivity contribution in [3.63, 3.8) is 0 Å². The van der Waals surface area contributed by atoms with E-state index >= 15 is 0 Å². The van der Waals surface area contributed by atoms with Crippen molar-refractivity contribution in [2.75, 3.05) is 44.2 Å². The third kappa shape index (κ3) is 4.04. The van der Waals surface area contributed by atoms with Crippen molar-refractivity contribution in [3.05, 3.63) is 59.7 Å². The number of carbonyl (C=O) groups excluding carboxylic acids is 1. The average molecular weight is 435 g/mol. The van der Waals surface area contributed by atoms with Crippen molar-refractivity contribution in [3.8, 4) is 0 Å². The SMILES string of the molecule is O=C(CN1CCCc2cccc(F)c21)N1CCN(S(=O)(=O)c2ccc(F)cc2)CC1. The minimum absolute atomic E-state index is 0.0316. The van der Waals surface area contributed by atoms with Crippen LogP contribution in [0.3, 0.4) is 0 Å². The number of amides is 1. The van der Waals surface area contributed by atoms with Crippen LogP contribution in [0.5, 0.6) is 0 Å². The van der Waals surface area contributed by atoms with Crippen LogP contribution in [0.1, 0.15) is 12.0 Å². The Morgan fingerprint density at radius 3 is 2.33 bits per heavy atom. The number of hydrogen-bond acceptors (Lipinski definition) is 4. The molecule has 2 heterocycles. The van der Waals surface area contributed by atoms with Crippen LogP contribution in [-0.4, -0.2) is 62.8 Å². The van der Waals surface area contributed by atoms with Gasteiger partial charge >= 0.3 is 0 Å². The molecule has 0 bridgehead atoms. The lowest BCUT2D eigenvalue weighted by atomic mass is 10.0. The minimum atomic E-state index is -3.73. The molecule has 0 spiro atoms. The van der Waals surface area contributed by atoms with Crippen LogP contribution in [0.25, 0.3) is 0 Å². The summed E-state index contributed by atoms with van der Waals surface area (Å²) in [5.74, 6) is -0.972. The molecular weight excluding hydrogens is 412 g/mol. The first kappa shape index (κ1) is 20.7. The summed E-state index contributed by atoms with van der Waals surface area (Å²) < 4.78 is 54.1. The van der Waals surface area contributed by atoms with E-state index < -0.39 is 15.8 Å². The van der Waals surface area contributed by atoms with Crippen molar-refractivity contribution in [2.24, 2.45) is 0 Å². The number of carbonyl (C=O) groups is 1. The van der Waals surface area contributed by atoms with E-state index in [0.29, 0.717) is 12.2 Å². The fourth-order valence-electron chi connectivity index (χ4n) is 4.04. The molecule has 2 aromatic carbocycles. The van der Waals surface area contributed by atoms with Gasteiger partial charge in [0, 0.05) is 32.7 Å². The molecule has 160 valence electrons. The predicted molar refractivity (Wildman–Crippen MR) is 109 cm³/mol. The Labute approximate surface area is 174 Å². The molecule has 1 fully saturated rings. The van der Waals surface area contributed by atoms with E-state index in [1.165, 1.54) is 22.5 Å². The molecule has 2 aliphatic rings. The fraction of sp³-hybridized carbons (Fsp3) is 0.381. The number of halogens is 2. The fourth-order valence-corrected chi connectivity index (χ4v) is 5.47. The molecule has 30 heavy (non-hydrogen) atoms. The number of rotatable bonds is 4. The topological polar surface area (TPSA) is 60.9 Å². The summed E-state index contributed by atoms with van der Waals surface area (Å²) in [5, 5.41) is 0. The molecule has 0 aliphatic carbocycles. The van der Waals surface area contributed by atoms with Gasteiger partial charge in [0.1, 0.15) is 11.6 Å². The lowest BCUT2D eigenvalue weighted by Gasteiger charge is -2.37. The molecule has 0 N–H and O–H groups in total. The molecule has 2 aromatic rings. The maximum absolute atomic E-state index is 14.3. The Bertz CT molecular complexity index is 1040. The van der Waals surface area contributed by atoms with Crippen molar-refractivity contribution in [1.82, 2.24) is 9.21 Å². The van der Waals surface area contributed by atoms with E-state index in [1.54, 1.807) is 15.9 Å². The quantitative estimate of drug-likeness (QED) is 0.739. The summed E-state index contributed by atoms with van der Waals surface area (Å²) >= 11 is 0. The van der Waals surface area contributed by atoms with E-state index in [4.69, 9.17) is 0 Å². The van der Waals surface area contributed by atoms with Crippen molar-refractivity contribution < 1.29 is 22.0 Å². The van der Waals surface area contributed by atoms with Gasteiger partial charge in [0.15, 0.2) is 0 Å². The molecule has 0 saturated carbocycles. The maximum atomic E-state index is 14.3. The highest BCUT2D eigenvalue weighted by molar-refractivity contribution is 7.89. The second-order valence-corrected chi connectivity index (χ2v) is 9.45. The Hall–Kier alpha value is -2.52. The highest BCUT2D eigenvalue weighted by Crippen LogP contribution is 2.30. The number of anilines is 1. The summed E-state index contributed by atoms with van der Waals surface area (Å²) in [6.45, 7) is 1.53. The average Bonchev–Trinajstić information content (AvgIpc) is 2.74. The summed E-state index contributed by atoms with van der Waals surface area (Å²) in [6.07, 6.45) is 1.64. The standard InChI is InChI=1S/C21H23F2N3O3S/c22-17-6-8-18(9-7-17)30(28,29)26-13-11-24(12-14-26)20(27)15-25-10-2-4-16-3-1-5-19(23)21(16)25/h1,3,5-9H,2,4,10-15H2. The Balaban J connectivity index is 1.39. The minimum Gasteiger partial charge on any atom is -0.360 e. The molecule has 1 saturated heterocycles. The molecule has 0 unspecified atom stereocenters. The highest BCUT2D eigenvalue weighted by atomic mass is 32.2. The molecule has 1 amide bonds. The van der Waals surface area contributed by atoms with Crippen LogP contribution >= 0.6 is 0 Å². The monoisotopic (exact) mass is 435 g/mol. The van der Waals surface area contributed by atoms with Crippen LogP contribution in [0.4, 0.5) is 14.5 Å². The number of fused-ring (bicyclic) bond motifs is 1. The lowest BCUT2D eigenvalue weighted by molar-refractivity contribution is -0.130. The first-order chi connectivity index (χ1) is 14.4. The van der Waals surface area contributed by atoms with Crippen molar-refractivity contribution in [2.45, 2.75) is 17.7 Å². The number of aryl methyl sites for hydroxylation is 1. The molecule has 0 radical (unpaired) electrons. The Kier molecular flexibility index (Phi) is 5.75. The number of hydrogen-bond donors (Lipinski definition) is 0. The van der Waals surface area contributed by atoms with E-state index in [1.807, 2.05) is 6.07 Å². The molecule has 2 aliphatic heterocycles. The van der Waals surface area contributed by atoms with Crippen LogP contribution in [0, 0.1) is 11.6 Å². The van der Waals surface area contributed by atoms with E-state index in [0.717, 1.165) is 30.5 Å². The summed E-state index contributed by atoms with van der Waals surface area (Å²) in [4.78, 5) is 16.2. The van der Waals surface area contributed by atoms with Gasteiger partial charge in [-0.1, -0.05) is 12.1 Å². The normalized spacial score (nSPS) is 17.7. The summed E-state index contributed by atoms with van der Waals surface area (Å²) in [5.41, 5.74) is 1.40. The van der Waals surface area contributed by atoms with Gasteiger partial charge in [-0.15, -0.1) is 0 Å². The molecule has 0 aromatic heterocycles. The third-order valence-electron chi connectivity index (χ3n) is 5.63. The zero-order valence-electron chi connectivity index (χ0n) is 16.4. The second kappa shape index (κ2) is 8.31. The van der Waals surface area contributed by atoms with Gasteiger partial charge in [0.2, 0.25) is 15.9 Å². The second-order valence-electron chi connectivity index (χ2n) is 7.51. The van der Waals surface area contributed by atoms with E-state index in [9.17, 15) is 22.0 Å². The summed E-state index contributed by atoms with van der Waals surface area (Å²) in [7, 11) is -3.73. The number of benzene rings is 2. The Morgan fingerprint density at radius 2 is 1.63 bits per heavy atom. The molecular formula is C21H23F2N3O3S. The number of sulfonamides is 1. The van der Waals surface area contributed by atoms with E-state index in [2.05, 4.69) is 0 Å². The largest absolute Gasteiger partial charge is 0.360 e. The number of nitrogens with zero attached hydrogens (tertiary/aromatic N) is 3. The highest BCUT2D eigenvalue weighted by Gasteiger charge is 2.31. The van der Waals surface area contributed by atoms with Gasteiger partial charge in [-0.25, -0.2) is 17.2 Å². The van der Waals surface area contributed by atoms with Gasteiger partial charge in [0.05, 0.1) is 17.1 Å². The first-order valence-corrected chi connectivity index (χ1v) is 11.4. The van der Waals surface area contributed by atoms with Crippen molar-refractivity contribution >= 4 is 21.6 Å². The zero-order valence-corrected chi connectivity index (χ0v) is 17.2. The van der Waals surface area contributed by atoms with Gasteiger partial charge in [-0.3, -0.25) is 4.79 Å². The van der Waals surface area contributed by atoms with Crippen LogP contribution in [0.2, 0.25) is 0 Å². The van der Waals surface area contributed by atoms with Gasteiger partial charge in [-0.05, 0) is 48.7 Å². The predicted octanol–water partition coefficient (Wildman–Crippen LogP) is 2.25. The summed E-state index contributed by atoms with van der Waals surface area (Å²) in [6, 6.07) is 9.68. The van der Waals surface area contributed by atoms with Gasteiger partial charge < -0.3 is 9.80 Å². The van der Waals surface area contributed by atoms with Gasteiger partial charge in [0.25, 0.3) is 0 Å². The van der Waals surface area contributed by atoms with Crippen LogP contribution in [0.15, 0.2) is 47.4 Å². The molecule has 9 heteroatoms. The van der Waals surface area contributed by atoms with Gasteiger partial charge in [-0.2, -0.15) is 4.31 Å². The Morgan fingerprint density at radius 1 is 0.933 bits per heavy atom. The third-order valence-corrected chi connectivity index (χ3v) is 7.54. The lowest BCUT2D eigenvalue weighted by Crippen LogP contribution is -2.53.